The Hall–Kier alpha value is -3.48. The van der Waals surface area contributed by atoms with E-state index in [1.165, 1.54) is 13.2 Å². The van der Waals surface area contributed by atoms with Crippen LogP contribution < -0.4 is 15.4 Å². The smallest absolute Gasteiger partial charge is 0.407 e. The molecule has 0 radical (unpaired) electrons. The third kappa shape index (κ3) is 21.0. The lowest BCUT2D eigenvalue weighted by atomic mass is 9.94. The number of hydrogen-bond donors (Lipinski definition) is 2. The van der Waals surface area contributed by atoms with Crippen molar-refractivity contribution in [2.75, 3.05) is 26.9 Å². The predicted molar refractivity (Wildman–Crippen MR) is 230 cm³/mol. The van der Waals surface area contributed by atoms with Crippen molar-refractivity contribution in [3.63, 3.8) is 0 Å². The third-order valence-corrected chi connectivity index (χ3v) is 8.88. The largest absolute Gasteiger partial charge is 0.495 e. The minimum Gasteiger partial charge on any atom is -0.495 e. The molecule has 0 spiro atoms. The summed E-state index contributed by atoms with van der Waals surface area (Å²) in [6, 6.07) is 13.4. The number of alkyl halides is 3. The summed E-state index contributed by atoms with van der Waals surface area (Å²) in [6.45, 7) is 14.9. The first-order valence-corrected chi connectivity index (χ1v) is 20.5. The number of carbonyl (C=O) groups excluding carboxylic acids is 4. The maximum Gasteiger partial charge on any atom is 0.407 e. The van der Waals surface area contributed by atoms with E-state index in [9.17, 15) is 19.2 Å². The molecule has 11 nitrogen and oxygen atoms in total. The van der Waals surface area contributed by atoms with Crippen LogP contribution in [0, 0.1) is 17.3 Å². The van der Waals surface area contributed by atoms with E-state index < -0.39 is 63.6 Å². The highest BCUT2D eigenvalue weighted by molar-refractivity contribution is 6.67. The maximum atomic E-state index is 13.8. The number of esters is 2. The summed E-state index contributed by atoms with van der Waals surface area (Å²) in [5, 5.41) is 5.75. The summed E-state index contributed by atoms with van der Waals surface area (Å²) < 4.78 is 26.2. The Bertz CT molecular complexity index is 1690. The summed E-state index contributed by atoms with van der Waals surface area (Å²) in [7, 11) is 1.48. The molecule has 0 aliphatic rings. The van der Waals surface area contributed by atoms with Gasteiger partial charge in [0.05, 0.1) is 18.7 Å². The van der Waals surface area contributed by atoms with Crippen molar-refractivity contribution in [2.24, 2.45) is 17.3 Å². The van der Waals surface area contributed by atoms with E-state index in [2.05, 4.69) is 10.6 Å². The topological polar surface area (TPSA) is 138 Å². The van der Waals surface area contributed by atoms with Crippen molar-refractivity contribution in [1.29, 1.82) is 0 Å². The molecule has 2 aromatic rings. The molecule has 0 unspecified atom stereocenters. The fourth-order valence-corrected chi connectivity index (χ4v) is 5.70. The highest BCUT2D eigenvalue weighted by Gasteiger charge is 2.31. The number of nitrogens with one attached hydrogen (secondary N) is 2. The van der Waals surface area contributed by atoms with Crippen LogP contribution in [0.2, 0.25) is 5.02 Å². The van der Waals surface area contributed by atoms with Crippen LogP contribution in [0.5, 0.6) is 5.75 Å². The average molecular weight is 889 g/mol. The zero-order valence-electron chi connectivity index (χ0n) is 34.7. The number of carbonyl (C=O) groups is 4. The van der Waals surface area contributed by atoms with Crippen molar-refractivity contribution in [3.8, 4) is 5.75 Å². The molecular formula is C43H58Cl4N2O9. The standard InChI is InChI=1S/C43H58Cl4N2O9/c1-28(2)22-36(55-26-42(7,8)25-48-40(53)58-41(4,5)6)39(52)57-34(29(3)18-19-30-14-11-10-12-15-30)16-13-17-37(50)49-33(38(51)56-27-43(45,46)47)24-31-20-21-35(54-9)32(44)23-31/h10-15,17-21,23,28-29,33-34,36H,16,22,24-27H2,1-9H3,(H,48,53)(H,49,50)/b17-13+,19-18+/t29-,33-,34+,36+/m1/s1. The van der Waals surface area contributed by atoms with E-state index in [0.29, 0.717) is 22.8 Å². The highest BCUT2D eigenvalue weighted by atomic mass is 35.6. The molecule has 0 saturated carbocycles. The number of amides is 2. The van der Waals surface area contributed by atoms with Gasteiger partial charge in [-0.2, -0.15) is 0 Å². The first-order chi connectivity index (χ1) is 27.0. The molecule has 58 heavy (non-hydrogen) atoms. The predicted octanol–water partition coefficient (Wildman–Crippen LogP) is 9.48. The van der Waals surface area contributed by atoms with Crippen LogP contribution in [0.4, 0.5) is 4.79 Å². The van der Waals surface area contributed by atoms with Crippen molar-refractivity contribution in [1.82, 2.24) is 10.6 Å². The van der Waals surface area contributed by atoms with Crippen molar-refractivity contribution >= 4 is 76.4 Å². The van der Waals surface area contributed by atoms with Crippen molar-refractivity contribution < 1.29 is 42.9 Å². The Labute approximate surface area is 363 Å². The highest BCUT2D eigenvalue weighted by Crippen LogP contribution is 2.28. The number of ether oxygens (including phenoxy) is 5. The number of methoxy groups -OCH3 is 1. The van der Waals surface area contributed by atoms with E-state index in [-0.39, 0.29) is 37.8 Å². The van der Waals surface area contributed by atoms with Crippen LogP contribution in [0.15, 0.2) is 66.8 Å². The number of alkyl carbamates (subject to hydrolysis) is 1. The van der Waals surface area contributed by atoms with Gasteiger partial charge in [-0.1, -0.05) is 136 Å². The van der Waals surface area contributed by atoms with Gasteiger partial charge in [0.15, 0.2) is 6.10 Å². The Morgan fingerprint density at radius 1 is 0.897 bits per heavy atom. The lowest BCUT2D eigenvalue weighted by Crippen LogP contribution is -2.43. The van der Waals surface area contributed by atoms with Gasteiger partial charge in [0.1, 0.15) is 30.1 Å². The second-order valence-electron chi connectivity index (χ2n) is 16.1. The van der Waals surface area contributed by atoms with Gasteiger partial charge in [0.2, 0.25) is 9.70 Å². The summed E-state index contributed by atoms with van der Waals surface area (Å²) in [5.41, 5.74) is 0.386. The average Bonchev–Trinajstić information content (AvgIpc) is 3.12. The molecular weight excluding hydrogens is 830 g/mol. The van der Waals surface area contributed by atoms with E-state index in [4.69, 9.17) is 70.1 Å². The number of benzene rings is 2. The molecule has 2 amide bonds. The van der Waals surface area contributed by atoms with E-state index in [0.717, 1.165) is 5.56 Å². The van der Waals surface area contributed by atoms with Crippen molar-refractivity contribution in [2.45, 2.75) is 102 Å². The molecule has 0 aliphatic heterocycles. The number of rotatable bonds is 21. The fourth-order valence-electron chi connectivity index (χ4n) is 5.26. The van der Waals surface area contributed by atoms with E-state index in [1.54, 1.807) is 45.0 Å². The Morgan fingerprint density at radius 3 is 2.16 bits per heavy atom. The van der Waals surface area contributed by atoms with Crippen LogP contribution in [-0.2, 0) is 39.8 Å². The van der Waals surface area contributed by atoms with Gasteiger partial charge in [-0.3, -0.25) is 4.79 Å². The monoisotopic (exact) mass is 886 g/mol. The lowest BCUT2D eigenvalue weighted by molar-refractivity contribution is -0.167. The fraction of sp³-hybridized carbons (Fsp3) is 0.535. The van der Waals surface area contributed by atoms with Gasteiger partial charge in [0.25, 0.3) is 0 Å². The van der Waals surface area contributed by atoms with Crippen LogP contribution in [0.25, 0.3) is 6.08 Å². The molecule has 4 atom stereocenters. The first-order valence-electron chi connectivity index (χ1n) is 19.0. The van der Waals surface area contributed by atoms with Gasteiger partial charge in [-0.05, 0) is 62.4 Å². The molecule has 2 N–H and O–H groups in total. The minimum absolute atomic E-state index is 0.00858. The minimum atomic E-state index is -1.86. The zero-order chi connectivity index (χ0) is 43.7. The molecule has 0 fully saturated rings. The van der Waals surface area contributed by atoms with Gasteiger partial charge in [0, 0.05) is 30.7 Å². The van der Waals surface area contributed by atoms with Crippen molar-refractivity contribution in [3.05, 3.63) is 82.9 Å². The molecule has 2 aromatic carbocycles. The Balaban J connectivity index is 2.27. The summed E-state index contributed by atoms with van der Waals surface area (Å²) in [5.74, 6) is -1.75. The molecule has 0 heterocycles. The molecule has 2 rings (SSSR count). The quantitative estimate of drug-likeness (QED) is 0.0544. The second-order valence-corrected chi connectivity index (χ2v) is 19.1. The second kappa shape index (κ2) is 23.9. The van der Waals surface area contributed by atoms with Crippen LogP contribution in [0.3, 0.4) is 0 Å². The van der Waals surface area contributed by atoms with Crippen LogP contribution >= 0.6 is 46.4 Å². The van der Waals surface area contributed by atoms with Gasteiger partial charge in [-0.25, -0.2) is 14.4 Å². The lowest BCUT2D eigenvalue weighted by Gasteiger charge is -2.30. The summed E-state index contributed by atoms with van der Waals surface area (Å²) >= 11 is 23.7. The van der Waals surface area contributed by atoms with E-state index >= 15 is 0 Å². The third-order valence-electron chi connectivity index (χ3n) is 8.25. The number of halogens is 4. The van der Waals surface area contributed by atoms with Gasteiger partial charge < -0.3 is 34.3 Å². The van der Waals surface area contributed by atoms with Crippen LogP contribution in [-0.4, -0.2) is 78.5 Å². The van der Waals surface area contributed by atoms with Gasteiger partial charge in [-0.15, -0.1) is 0 Å². The molecule has 15 heteroatoms. The Morgan fingerprint density at radius 2 is 1.57 bits per heavy atom. The number of hydrogen-bond acceptors (Lipinski definition) is 9. The molecule has 0 aromatic heterocycles. The summed E-state index contributed by atoms with van der Waals surface area (Å²) in [4.78, 5) is 52.5. The maximum absolute atomic E-state index is 13.8. The van der Waals surface area contributed by atoms with Crippen LogP contribution in [0.1, 0.15) is 79.4 Å². The van der Waals surface area contributed by atoms with Gasteiger partial charge >= 0.3 is 18.0 Å². The zero-order valence-corrected chi connectivity index (χ0v) is 37.8. The normalized spacial score (nSPS) is 14.4. The molecule has 322 valence electrons. The first kappa shape index (κ1) is 50.7. The summed E-state index contributed by atoms with van der Waals surface area (Å²) in [6.07, 6.45) is 5.09. The SMILES string of the molecule is COc1ccc(C[C@@H](NC(=O)/C=C/C[C@H](OC(=O)[C@H](CC(C)C)OCC(C)(C)CNC(=O)OC(C)(C)C)[C@H](C)/C=C/c2ccccc2)C(=O)OCC(Cl)(Cl)Cl)cc1Cl. The molecule has 0 bridgehead atoms. The molecule has 0 saturated heterocycles. The van der Waals surface area contributed by atoms with E-state index in [1.807, 2.05) is 77.1 Å². The Kier molecular flexibility index (Phi) is 20.9. The molecule has 0 aliphatic carbocycles.